The largest absolute Gasteiger partial charge is 0.481 e. The molecule has 1 aliphatic rings. The first kappa shape index (κ1) is 8.87. The van der Waals surface area contributed by atoms with E-state index < -0.39 is 5.97 Å². The second-order valence-electron chi connectivity index (χ2n) is 2.80. The maximum Gasteiger partial charge on any atom is 0.308 e. The van der Waals surface area contributed by atoms with E-state index >= 15 is 0 Å². The number of hydrogen-bond acceptors (Lipinski definition) is 3. The zero-order valence-electron chi connectivity index (χ0n) is 6.70. The van der Waals surface area contributed by atoms with Crippen molar-refractivity contribution in [2.24, 2.45) is 5.92 Å². The predicted molar refractivity (Wildman–Crippen MR) is 45.9 cm³/mol. The molecule has 0 saturated carbocycles. The maximum absolute atomic E-state index is 10.7. The molecule has 0 bridgehead atoms. The Morgan fingerprint density at radius 1 is 1.73 bits per heavy atom. The molecule has 0 radical (unpaired) electrons. The summed E-state index contributed by atoms with van der Waals surface area (Å²) in [5.41, 5.74) is 0. The van der Waals surface area contributed by atoms with Gasteiger partial charge in [0, 0.05) is 17.0 Å². The van der Waals surface area contributed by atoms with Crippen molar-refractivity contribution >= 4 is 17.7 Å². The number of rotatable bonds is 2. The Labute approximate surface area is 70.6 Å². The van der Waals surface area contributed by atoms with Crippen molar-refractivity contribution in [1.82, 2.24) is 5.32 Å². The zero-order valence-corrected chi connectivity index (χ0v) is 7.52. The van der Waals surface area contributed by atoms with Gasteiger partial charge in [0.2, 0.25) is 0 Å². The van der Waals surface area contributed by atoms with Crippen LogP contribution < -0.4 is 5.32 Å². The first-order valence-corrected chi connectivity index (χ1v) is 4.73. The summed E-state index contributed by atoms with van der Waals surface area (Å²) in [6.07, 6.45) is 0. The summed E-state index contributed by atoms with van der Waals surface area (Å²) in [6, 6.07) is 0.137. The molecule has 1 rings (SSSR count). The fraction of sp³-hybridized carbons (Fsp3) is 0.857. The molecule has 4 heteroatoms. The zero-order chi connectivity index (χ0) is 8.43. The van der Waals surface area contributed by atoms with Crippen LogP contribution in [-0.4, -0.2) is 35.2 Å². The summed E-state index contributed by atoms with van der Waals surface area (Å²) in [7, 11) is 1.82. The van der Waals surface area contributed by atoms with Crippen molar-refractivity contribution in [3.8, 4) is 0 Å². The molecule has 0 amide bonds. The molecule has 3 nitrogen and oxygen atoms in total. The van der Waals surface area contributed by atoms with Gasteiger partial charge in [-0.1, -0.05) is 6.92 Å². The van der Waals surface area contributed by atoms with Crippen molar-refractivity contribution in [3.05, 3.63) is 0 Å². The first-order valence-electron chi connectivity index (χ1n) is 3.68. The number of carboxylic acids is 1. The molecule has 1 saturated heterocycles. The summed E-state index contributed by atoms with van der Waals surface area (Å²) in [5.74, 6) is -0.150. The topological polar surface area (TPSA) is 49.3 Å². The highest BCUT2D eigenvalue weighted by Gasteiger charge is 2.37. The van der Waals surface area contributed by atoms with Gasteiger partial charge in [0.15, 0.2) is 0 Å². The highest BCUT2D eigenvalue weighted by Crippen LogP contribution is 2.31. The molecule has 0 aromatic heterocycles. The van der Waals surface area contributed by atoms with Crippen LogP contribution in [0.3, 0.4) is 0 Å². The fourth-order valence-corrected chi connectivity index (χ4v) is 2.84. The maximum atomic E-state index is 10.7. The molecule has 0 aromatic rings. The van der Waals surface area contributed by atoms with Gasteiger partial charge in [0.1, 0.15) is 0 Å². The summed E-state index contributed by atoms with van der Waals surface area (Å²) in [5, 5.41) is 12.2. The van der Waals surface area contributed by atoms with E-state index in [1.54, 1.807) is 11.8 Å². The van der Waals surface area contributed by atoms with Crippen molar-refractivity contribution in [1.29, 1.82) is 0 Å². The van der Waals surface area contributed by atoms with Gasteiger partial charge in [-0.2, -0.15) is 11.8 Å². The Morgan fingerprint density at radius 2 is 2.36 bits per heavy atom. The highest BCUT2D eigenvalue weighted by molar-refractivity contribution is 8.00. The normalized spacial score (nSPS) is 37.5. The highest BCUT2D eigenvalue weighted by atomic mass is 32.2. The third-order valence-corrected chi connectivity index (χ3v) is 3.50. The molecule has 3 unspecified atom stereocenters. The lowest BCUT2D eigenvalue weighted by molar-refractivity contribution is -0.141. The molecule has 3 atom stereocenters. The van der Waals surface area contributed by atoms with E-state index in [-0.39, 0.29) is 12.0 Å². The van der Waals surface area contributed by atoms with E-state index in [9.17, 15) is 4.79 Å². The molecule has 0 spiro atoms. The van der Waals surface area contributed by atoms with Gasteiger partial charge in [-0.3, -0.25) is 4.79 Å². The van der Waals surface area contributed by atoms with Crippen LogP contribution in [0, 0.1) is 5.92 Å². The van der Waals surface area contributed by atoms with Crippen LogP contribution in [0.25, 0.3) is 0 Å². The van der Waals surface area contributed by atoms with Crippen LogP contribution in [0.15, 0.2) is 0 Å². The number of aliphatic carboxylic acids is 1. The van der Waals surface area contributed by atoms with Gasteiger partial charge in [-0.15, -0.1) is 0 Å². The van der Waals surface area contributed by atoms with Gasteiger partial charge >= 0.3 is 5.97 Å². The van der Waals surface area contributed by atoms with Crippen molar-refractivity contribution in [2.75, 3.05) is 12.8 Å². The van der Waals surface area contributed by atoms with Crippen molar-refractivity contribution in [3.63, 3.8) is 0 Å². The number of nitrogens with one attached hydrogen (secondary N) is 1. The Bertz CT molecular complexity index is 163. The quantitative estimate of drug-likeness (QED) is 0.638. The lowest BCUT2D eigenvalue weighted by atomic mass is 10.0. The van der Waals surface area contributed by atoms with Crippen LogP contribution in [0.1, 0.15) is 6.92 Å². The van der Waals surface area contributed by atoms with Crippen LogP contribution in [0.4, 0.5) is 0 Å². The second-order valence-corrected chi connectivity index (χ2v) is 4.21. The summed E-state index contributed by atoms with van der Waals surface area (Å²) in [4.78, 5) is 10.7. The number of thioether (sulfide) groups is 1. The Kier molecular flexibility index (Phi) is 2.78. The second kappa shape index (κ2) is 3.45. The van der Waals surface area contributed by atoms with Crippen molar-refractivity contribution in [2.45, 2.75) is 18.2 Å². The van der Waals surface area contributed by atoms with Crippen LogP contribution in [0.5, 0.6) is 0 Å². The van der Waals surface area contributed by atoms with E-state index in [1.165, 1.54) is 0 Å². The van der Waals surface area contributed by atoms with Gasteiger partial charge in [-0.05, 0) is 7.05 Å². The molecule has 11 heavy (non-hydrogen) atoms. The lowest BCUT2D eigenvalue weighted by Crippen LogP contribution is -2.40. The summed E-state index contributed by atoms with van der Waals surface area (Å²) < 4.78 is 0. The average molecular weight is 175 g/mol. The minimum atomic E-state index is -0.679. The lowest BCUT2D eigenvalue weighted by Gasteiger charge is -2.17. The third kappa shape index (κ3) is 1.68. The first-order chi connectivity index (χ1) is 5.16. The predicted octanol–water partition coefficient (Wildman–Crippen LogP) is 0.410. The Morgan fingerprint density at radius 3 is 2.73 bits per heavy atom. The van der Waals surface area contributed by atoms with Gasteiger partial charge in [0.05, 0.1) is 5.92 Å². The van der Waals surface area contributed by atoms with E-state index in [2.05, 4.69) is 12.2 Å². The number of hydrogen-bond donors (Lipinski definition) is 2. The molecule has 64 valence electrons. The van der Waals surface area contributed by atoms with Crippen molar-refractivity contribution < 1.29 is 9.90 Å². The SMILES string of the molecule is CNC1C(C)SCC1C(=O)O. The Balaban J connectivity index is 2.61. The summed E-state index contributed by atoms with van der Waals surface area (Å²) in [6.45, 7) is 2.06. The molecule has 1 aliphatic heterocycles. The van der Waals surface area contributed by atoms with Gasteiger partial charge in [0.25, 0.3) is 0 Å². The van der Waals surface area contributed by atoms with Crippen LogP contribution in [0.2, 0.25) is 0 Å². The molecular formula is C7H13NO2S. The minimum absolute atomic E-state index is 0.137. The van der Waals surface area contributed by atoms with Gasteiger partial charge in [-0.25, -0.2) is 0 Å². The van der Waals surface area contributed by atoms with E-state index in [0.29, 0.717) is 5.25 Å². The minimum Gasteiger partial charge on any atom is -0.481 e. The standard InChI is InChI=1S/C7H13NO2S/c1-4-6(8-2)5(3-11-4)7(9)10/h4-6,8H,3H2,1-2H3,(H,9,10). The van der Waals surface area contributed by atoms with E-state index in [0.717, 1.165) is 5.75 Å². The molecule has 2 N–H and O–H groups in total. The third-order valence-electron chi connectivity index (χ3n) is 2.13. The van der Waals surface area contributed by atoms with Gasteiger partial charge < -0.3 is 10.4 Å². The Hall–Kier alpha value is -0.220. The van der Waals surface area contributed by atoms with E-state index in [4.69, 9.17) is 5.11 Å². The average Bonchev–Trinajstić information content (AvgIpc) is 2.30. The molecule has 0 aliphatic carbocycles. The fourth-order valence-electron chi connectivity index (χ4n) is 1.45. The monoisotopic (exact) mass is 175 g/mol. The number of carbonyl (C=O) groups is 1. The summed E-state index contributed by atoms with van der Waals surface area (Å²) >= 11 is 1.72. The molecule has 1 heterocycles. The smallest absolute Gasteiger partial charge is 0.308 e. The molecule has 0 aromatic carbocycles. The van der Waals surface area contributed by atoms with E-state index in [1.807, 2.05) is 7.05 Å². The van der Waals surface area contributed by atoms with Crippen LogP contribution >= 0.6 is 11.8 Å². The molecule has 1 fully saturated rings. The van der Waals surface area contributed by atoms with Crippen LogP contribution in [-0.2, 0) is 4.79 Å². The number of carboxylic acid groups (broad SMARTS) is 1. The molecular weight excluding hydrogens is 162 g/mol.